The normalized spacial score (nSPS) is 22.3. The third-order valence-corrected chi connectivity index (χ3v) is 1.80. The first-order valence-corrected chi connectivity index (χ1v) is 3.71. The molecule has 3 heteroatoms. The van der Waals surface area contributed by atoms with Crippen LogP contribution in [0.1, 0.15) is 19.8 Å². The Balaban J connectivity index is 2.62. The number of esters is 1. The maximum Gasteiger partial charge on any atom is 0.337 e. The number of aliphatic hydroxyl groups is 1. The largest absolute Gasteiger partial charge is 0.508 e. The SMILES string of the molecule is C#CCCC1OC(=O)C(C)=C1O. The smallest absolute Gasteiger partial charge is 0.337 e. The lowest BCUT2D eigenvalue weighted by Gasteiger charge is -2.06. The molecule has 0 spiro atoms. The lowest BCUT2D eigenvalue weighted by atomic mass is 10.1. The van der Waals surface area contributed by atoms with Crippen molar-refractivity contribution in [3.8, 4) is 12.3 Å². The molecule has 0 fully saturated rings. The van der Waals surface area contributed by atoms with E-state index in [4.69, 9.17) is 11.2 Å². The summed E-state index contributed by atoms with van der Waals surface area (Å²) in [6.07, 6.45) is 5.50. The van der Waals surface area contributed by atoms with Crippen LogP contribution in [0.5, 0.6) is 0 Å². The molecule has 1 rings (SSSR count). The van der Waals surface area contributed by atoms with Crippen molar-refractivity contribution in [2.45, 2.75) is 25.9 Å². The minimum Gasteiger partial charge on any atom is -0.508 e. The van der Waals surface area contributed by atoms with Gasteiger partial charge in [-0.05, 0) is 6.92 Å². The van der Waals surface area contributed by atoms with E-state index in [-0.39, 0.29) is 11.3 Å². The number of ether oxygens (including phenoxy) is 1. The second-order valence-corrected chi connectivity index (χ2v) is 2.65. The zero-order valence-electron chi connectivity index (χ0n) is 6.83. The Hall–Kier alpha value is -1.43. The van der Waals surface area contributed by atoms with Crippen molar-refractivity contribution in [3.05, 3.63) is 11.3 Å². The molecule has 0 saturated heterocycles. The van der Waals surface area contributed by atoms with Crippen LogP contribution in [0.2, 0.25) is 0 Å². The number of hydrogen-bond acceptors (Lipinski definition) is 3. The highest BCUT2D eigenvalue weighted by Gasteiger charge is 2.30. The van der Waals surface area contributed by atoms with Gasteiger partial charge in [0.25, 0.3) is 0 Å². The topological polar surface area (TPSA) is 46.5 Å². The van der Waals surface area contributed by atoms with Crippen LogP contribution in [0.4, 0.5) is 0 Å². The van der Waals surface area contributed by atoms with E-state index in [1.165, 1.54) is 6.92 Å². The van der Waals surface area contributed by atoms with Crippen LogP contribution in [0.25, 0.3) is 0 Å². The molecule has 1 aliphatic heterocycles. The molecule has 64 valence electrons. The predicted octanol–water partition coefficient (Wildman–Crippen LogP) is 1.16. The molecular weight excluding hydrogens is 156 g/mol. The van der Waals surface area contributed by atoms with E-state index in [1.807, 2.05) is 0 Å². The molecule has 0 aromatic carbocycles. The molecular formula is C9H10O3. The number of cyclic esters (lactones) is 1. The van der Waals surface area contributed by atoms with E-state index < -0.39 is 12.1 Å². The lowest BCUT2D eigenvalue weighted by molar-refractivity contribution is -0.140. The molecule has 0 aromatic rings. The second kappa shape index (κ2) is 3.31. The van der Waals surface area contributed by atoms with E-state index >= 15 is 0 Å². The fourth-order valence-corrected chi connectivity index (χ4v) is 1.03. The number of aliphatic hydroxyl groups excluding tert-OH is 1. The predicted molar refractivity (Wildman–Crippen MR) is 43.3 cm³/mol. The standard InChI is InChI=1S/C9H10O3/c1-3-4-5-7-8(10)6(2)9(11)12-7/h1,7,10H,4-5H2,2H3. The van der Waals surface area contributed by atoms with Crippen LogP contribution in [-0.4, -0.2) is 17.2 Å². The monoisotopic (exact) mass is 166 g/mol. The van der Waals surface area contributed by atoms with Crippen molar-refractivity contribution in [1.29, 1.82) is 0 Å². The van der Waals surface area contributed by atoms with Crippen molar-refractivity contribution in [2.75, 3.05) is 0 Å². The maximum atomic E-state index is 10.9. The number of carbonyl (C=O) groups excluding carboxylic acids is 1. The Bertz CT molecular complexity index is 270. The summed E-state index contributed by atoms with van der Waals surface area (Å²) in [6.45, 7) is 1.54. The van der Waals surface area contributed by atoms with Gasteiger partial charge in [-0.2, -0.15) is 0 Å². The van der Waals surface area contributed by atoms with E-state index in [9.17, 15) is 9.90 Å². The summed E-state index contributed by atoms with van der Waals surface area (Å²) in [6, 6.07) is 0. The highest BCUT2D eigenvalue weighted by molar-refractivity contribution is 5.90. The van der Waals surface area contributed by atoms with Crippen molar-refractivity contribution < 1.29 is 14.6 Å². The quantitative estimate of drug-likeness (QED) is 0.494. The molecule has 0 bridgehead atoms. The fourth-order valence-electron chi connectivity index (χ4n) is 1.03. The molecule has 12 heavy (non-hydrogen) atoms. The molecule has 0 aromatic heterocycles. The summed E-state index contributed by atoms with van der Waals surface area (Å²) in [5, 5.41) is 9.32. The van der Waals surface area contributed by atoms with Crippen LogP contribution in [0.15, 0.2) is 11.3 Å². The van der Waals surface area contributed by atoms with Gasteiger partial charge >= 0.3 is 5.97 Å². The number of terminal acetylenes is 1. The average molecular weight is 166 g/mol. The highest BCUT2D eigenvalue weighted by Crippen LogP contribution is 2.22. The average Bonchev–Trinajstić information content (AvgIpc) is 2.30. The minimum absolute atomic E-state index is 0.0234. The molecule has 1 N–H and O–H groups in total. The van der Waals surface area contributed by atoms with Crippen LogP contribution in [0.3, 0.4) is 0 Å². The Morgan fingerprint density at radius 3 is 2.83 bits per heavy atom. The van der Waals surface area contributed by atoms with E-state index in [1.54, 1.807) is 0 Å². The Morgan fingerprint density at radius 1 is 1.75 bits per heavy atom. The highest BCUT2D eigenvalue weighted by atomic mass is 16.6. The third kappa shape index (κ3) is 1.42. The first-order chi connectivity index (χ1) is 5.66. The third-order valence-electron chi connectivity index (χ3n) is 1.80. The first-order valence-electron chi connectivity index (χ1n) is 3.71. The molecule has 0 amide bonds. The van der Waals surface area contributed by atoms with Gasteiger partial charge < -0.3 is 9.84 Å². The second-order valence-electron chi connectivity index (χ2n) is 2.65. The summed E-state index contributed by atoms with van der Waals surface area (Å²) in [7, 11) is 0. The number of hydrogen-bond donors (Lipinski definition) is 1. The Morgan fingerprint density at radius 2 is 2.42 bits per heavy atom. The zero-order valence-corrected chi connectivity index (χ0v) is 6.83. The zero-order chi connectivity index (χ0) is 9.14. The number of rotatable bonds is 2. The van der Waals surface area contributed by atoms with Gasteiger partial charge in [0.15, 0.2) is 6.10 Å². The molecule has 0 aliphatic carbocycles. The first kappa shape index (κ1) is 8.66. The Kier molecular flexibility index (Phi) is 2.39. The molecule has 3 nitrogen and oxygen atoms in total. The number of carbonyl (C=O) groups is 1. The molecule has 1 atom stereocenters. The van der Waals surface area contributed by atoms with E-state index in [0.29, 0.717) is 12.8 Å². The van der Waals surface area contributed by atoms with Gasteiger partial charge in [0.05, 0.1) is 5.57 Å². The van der Waals surface area contributed by atoms with Crippen LogP contribution in [0, 0.1) is 12.3 Å². The van der Waals surface area contributed by atoms with Gasteiger partial charge in [-0.1, -0.05) is 0 Å². The van der Waals surface area contributed by atoms with Crippen molar-refractivity contribution in [3.63, 3.8) is 0 Å². The van der Waals surface area contributed by atoms with Gasteiger partial charge in [-0.3, -0.25) is 0 Å². The van der Waals surface area contributed by atoms with Gasteiger partial charge in [0.1, 0.15) is 5.76 Å². The van der Waals surface area contributed by atoms with Crippen LogP contribution in [-0.2, 0) is 9.53 Å². The van der Waals surface area contributed by atoms with Gasteiger partial charge in [-0.25, -0.2) is 4.79 Å². The molecule has 1 aliphatic rings. The summed E-state index contributed by atoms with van der Waals surface area (Å²) >= 11 is 0. The fraction of sp³-hybridized carbons (Fsp3) is 0.444. The molecule has 0 saturated carbocycles. The van der Waals surface area contributed by atoms with Crippen LogP contribution < -0.4 is 0 Å². The molecule has 1 unspecified atom stereocenters. The molecule has 0 radical (unpaired) electrons. The summed E-state index contributed by atoms with van der Waals surface area (Å²) in [5.74, 6) is 1.99. The summed E-state index contributed by atoms with van der Waals surface area (Å²) in [4.78, 5) is 10.9. The van der Waals surface area contributed by atoms with Crippen molar-refractivity contribution >= 4 is 5.97 Å². The maximum absolute atomic E-state index is 10.9. The van der Waals surface area contributed by atoms with E-state index in [2.05, 4.69) is 5.92 Å². The summed E-state index contributed by atoms with van der Waals surface area (Å²) in [5.41, 5.74) is 0.289. The Labute approximate surface area is 71.0 Å². The lowest BCUT2D eigenvalue weighted by Crippen LogP contribution is -2.10. The molecule has 1 heterocycles. The van der Waals surface area contributed by atoms with Crippen molar-refractivity contribution in [2.24, 2.45) is 0 Å². The van der Waals surface area contributed by atoms with Gasteiger partial charge in [-0.15, -0.1) is 12.3 Å². The van der Waals surface area contributed by atoms with Gasteiger partial charge in [0, 0.05) is 12.8 Å². The van der Waals surface area contributed by atoms with Crippen LogP contribution >= 0.6 is 0 Å². The van der Waals surface area contributed by atoms with Gasteiger partial charge in [0.2, 0.25) is 0 Å². The van der Waals surface area contributed by atoms with Crippen molar-refractivity contribution in [1.82, 2.24) is 0 Å². The van der Waals surface area contributed by atoms with E-state index in [0.717, 1.165) is 0 Å². The summed E-state index contributed by atoms with van der Waals surface area (Å²) < 4.78 is 4.83. The minimum atomic E-state index is -0.520.